The summed E-state index contributed by atoms with van der Waals surface area (Å²) in [6.45, 7) is 3.42. The smallest absolute Gasteiger partial charge is 0.325 e. The first-order valence-corrected chi connectivity index (χ1v) is 6.63. The third-order valence-electron chi connectivity index (χ3n) is 3.50. The zero-order valence-corrected chi connectivity index (χ0v) is 12.0. The Morgan fingerprint density at radius 1 is 1.25 bits per heavy atom. The van der Waals surface area contributed by atoms with Crippen molar-refractivity contribution < 1.29 is 24.2 Å². The van der Waals surface area contributed by atoms with Crippen molar-refractivity contribution in [3.8, 4) is 0 Å². The molecule has 0 radical (unpaired) electrons. The maximum absolute atomic E-state index is 12.5. The third-order valence-corrected chi connectivity index (χ3v) is 3.50. The fourth-order valence-corrected chi connectivity index (χ4v) is 2.29. The maximum atomic E-state index is 12.5. The first-order chi connectivity index (χ1) is 9.38. The summed E-state index contributed by atoms with van der Waals surface area (Å²) >= 11 is 0. The number of esters is 1. The van der Waals surface area contributed by atoms with E-state index >= 15 is 0 Å². The van der Waals surface area contributed by atoms with Gasteiger partial charge in [0.2, 0.25) is 5.91 Å². The van der Waals surface area contributed by atoms with Crippen molar-refractivity contribution >= 4 is 17.8 Å². The summed E-state index contributed by atoms with van der Waals surface area (Å²) in [6.07, 6.45) is 4.33. The highest BCUT2D eigenvalue weighted by Crippen LogP contribution is 2.28. The van der Waals surface area contributed by atoms with Gasteiger partial charge in [-0.05, 0) is 26.7 Å². The standard InChI is InChI=1S/C14H21NO5/c1-9(2)15(8-12(16)20-3)13(17)10-6-4-5-7-11(10)14(18)19/h4-5,9-11H,6-8H2,1-3H3,(H,18,19). The second-order valence-corrected chi connectivity index (χ2v) is 5.13. The van der Waals surface area contributed by atoms with Crippen LogP contribution in [0.5, 0.6) is 0 Å². The number of carboxylic acids is 1. The topological polar surface area (TPSA) is 83.9 Å². The van der Waals surface area contributed by atoms with E-state index in [-0.39, 0.29) is 18.5 Å². The molecule has 0 heterocycles. The van der Waals surface area contributed by atoms with E-state index in [9.17, 15) is 19.5 Å². The summed E-state index contributed by atoms with van der Waals surface area (Å²) in [6, 6.07) is -0.193. The zero-order chi connectivity index (χ0) is 15.3. The number of amides is 1. The van der Waals surface area contributed by atoms with Gasteiger partial charge in [0, 0.05) is 6.04 Å². The van der Waals surface area contributed by atoms with Gasteiger partial charge in [0.1, 0.15) is 6.54 Å². The molecule has 112 valence electrons. The number of carbonyl (C=O) groups excluding carboxylic acids is 2. The van der Waals surface area contributed by atoms with Gasteiger partial charge in [-0.2, -0.15) is 0 Å². The van der Waals surface area contributed by atoms with Crippen molar-refractivity contribution in [3.05, 3.63) is 12.2 Å². The predicted octanol–water partition coefficient (Wildman–Crippen LogP) is 1.06. The Bertz CT molecular complexity index is 416. The van der Waals surface area contributed by atoms with Crippen LogP contribution in [-0.4, -0.2) is 47.5 Å². The van der Waals surface area contributed by atoms with Crippen LogP contribution in [0.1, 0.15) is 26.7 Å². The van der Waals surface area contributed by atoms with Crippen LogP contribution in [0.15, 0.2) is 12.2 Å². The minimum atomic E-state index is -0.977. The Hall–Kier alpha value is -1.85. The largest absolute Gasteiger partial charge is 0.481 e. The monoisotopic (exact) mass is 283 g/mol. The number of carboxylic acid groups (broad SMARTS) is 1. The number of rotatable bonds is 5. The molecule has 1 aliphatic rings. The number of allylic oxidation sites excluding steroid dienone is 2. The minimum absolute atomic E-state index is 0.153. The summed E-state index contributed by atoms with van der Waals surface area (Å²) in [7, 11) is 1.26. The van der Waals surface area contributed by atoms with E-state index in [0.29, 0.717) is 12.8 Å². The molecule has 0 aromatic rings. The van der Waals surface area contributed by atoms with Gasteiger partial charge < -0.3 is 14.7 Å². The Kier molecular flexibility index (Phi) is 5.73. The number of hydrogen-bond donors (Lipinski definition) is 1. The molecule has 0 saturated carbocycles. The molecule has 0 aromatic heterocycles. The van der Waals surface area contributed by atoms with Crippen LogP contribution >= 0.6 is 0 Å². The zero-order valence-electron chi connectivity index (χ0n) is 12.0. The summed E-state index contributed by atoms with van der Waals surface area (Å²) in [5.74, 6) is -3.14. The summed E-state index contributed by atoms with van der Waals surface area (Å²) in [5, 5.41) is 9.21. The molecule has 1 aliphatic carbocycles. The molecule has 6 nitrogen and oxygen atoms in total. The van der Waals surface area contributed by atoms with E-state index < -0.39 is 23.8 Å². The number of aliphatic carboxylic acids is 1. The molecule has 0 aromatic carbocycles. The van der Waals surface area contributed by atoms with Gasteiger partial charge in [-0.15, -0.1) is 0 Å². The fourth-order valence-electron chi connectivity index (χ4n) is 2.29. The normalized spacial score (nSPS) is 21.6. The minimum Gasteiger partial charge on any atom is -0.481 e. The van der Waals surface area contributed by atoms with Gasteiger partial charge >= 0.3 is 11.9 Å². The van der Waals surface area contributed by atoms with Crippen LogP contribution in [0.2, 0.25) is 0 Å². The lowest BCUT2D eigenvalue weighted by molar-refractivity contribution is -0.154. The Labute approximate surface area is 118 Å². The highest BCUT2D eigenvalue weighted by Gasteiger charge is 2.37. The Morgan fingerprint density at radius 3 is 2.25 bits per heavy atom. The molecule has 1 rings (SSSR count). The van der Waals surface area contributed by atoms with E-state index in [4.69, 9.17) is 0 Å². The van der Waals surface area contributed by atoms with Crippen LogP contribution < -0.4 is 0 Å². The maximum Gasteiger partial charge on any atom is 0.325 e. The second-order valence-electron chi connectivity index (χ2n) is 5.13. The van der Waals surface area contributed by atoms with Crippen LogP contribution in [-0.2, 0) is 19.1 Å². The molecule has 0 spiro atoms. The Balaban J connectivity index is 2.90. The summed E-state index contributed by atoms with van der Waals surface area (Å²) < 4.78 is 4.58. The van der Waals surface area contributed by atoms with Crippen LogP contribution in [0.4, 0.5) is 0 Å². The van der Waals surface area contributed by atoms with E-state index in [1.54, 1.807) is 19.9 Å². The molecule has 1 N–H and O–H groups in total. The summed E-state index contributed by atoms with van der Waals surface area (Å²) in [4.78, 5) is 36.5. The molecule has 0 saturated heterocycles. The van der Waals surface area contributed by atoms with Crippen molar-refractivity contribution in [2.75, 3.05) is 13.7 Å². The number of hydrogen-bond acceptors (Lipinski definition) is 4. The number of carbonyl (C=O) groups is 3. The summed E-state index contributed by atoms with van der Waals surface area (Å²) in [5.41, 5.74) is 0. The first-order valence-electron chi connectivity index (χ1n) is 6.63. The highest BCUT2D eigenvalue weighted by atomic mass is 16.5. The lowest BCUT2D eigenvalue weighted by atomic mass is 9.82. The van der Waals surface area contributed by atoms with E-state index in [0.717, 1.165) is 0 Å². The number of ether oxygens (including phenoxy) is 1. The molecule has 2 unspecified atom stereocenters. The van der Waals surface area contributed by atoms with E-state index in [1.165, 1.54) is 12.0 Å². The van der Waals surface area contributed by atoms with Gasteiger partial charge in [0.05, 0.1) is 18.9 Å². The van der Waals surface area contributed by atoms with Crippen molar-refractivity contribution in [2.45, 2.75) is 32.7 Å². The lowest BCUT2D eigenvalue weighted by Gasteiger charge is -2.32. The third kappa shape index (κ3) is 3.82. The predicted molar refractivity (Wildman–Crippen MR) is 71.9 cm³/mol. The molecule has 0 bridgehead atoms. The van der Waals surface area contributed by atoms with E-state index in [1.807, 2.05) is 6.08 Å². The van der Waals surface area contributed by atoms with Crippen molar-refractivity contribution in [2.24, 2.45) is 11.8 Å². The molecule has 0 fully saturated rings. The SMILES string of the molecule is COC(=O)CN(C(=O)C1CC=CCC1C(=O)O)C(C)C. The van der Waals surface area contributed by atoms with E-state index in [2.05, 4.69) is 4.74 Å². The lowest BCUT2D eigenvalue weighted by Crippen LogP contribution is -2.47. The van der Waals surface area contributed by atoms with Gasteiger partial charge in [-0.25, -0.2) is 0 Å². The molecular weight excluding hydrogens is 262 g/mol. The number of nitrogens with zero attached hydrogens (tertiary/aromatic N) is 1. The average molecular weight is 283 g/mol. The van der Waals surface area contributed by atoms with Crippen LogP contribution in [0.25, 0.3) is 0 Å². The van der Waals surface area contributed by atoms with Gasteiger partial charge in [0.15, 0.2) is 0 Å². The molecule has 20 heavy (non-hydrogen) atoms. The molecular formula is C14H21NO5. The van der Waals surface area contributed by atoms with Crippen molar-refractivity contribution in [3.63, 3.8) is 0 Å². The van der Waals surface area contributed by atoms with Gasteiger partial charge in [-0.3, -0.25) is 14.4 Å². The van der Waals surface area contributed by atoms with Gasteiger partial charge in [0.25, 0.3) is 0 Å². The highest BCUT2D eigenvalue weighted by molar-refractivity contribution is 5.88. The first kappa shape index (κ1) is 16.2. The fraction of sp³-hybridized carbons (Fsp3) is 0.643. The van der Waals surface area contributed by atoms with Crippen LogP contribution in [0, 0.1) is 11.8 Å². The van der Waals surface area contributed by atoms with Crippen molar-refractivity contribution in [1.29, 1.82) is 0 Å². The molecule has 1 amide bonds. The van der Waals surface area contributed by atoms with Gasteiger partial charge in [-0.1, -0.05) is 12.2 Å². The molecule has 0 aliphatic heterocycles. The molecule has 6 heteroatoms. The Morgan fingerprint density at radius 2 is 1.80 bits per heavy atom. The number of methoxy groups -OCH3 is 1. The van der Waals surface area contributed by atoms with Crippen molar-refractivity contribution in [1.82, 2.24) is 4.90 Å². The van der Waals surface area contributed by atoms with Crippen LogP contribution in [0.3, 0.4) is 0 Å². The molecule has 2 atom stereocenters. The quantitative estimate of drug-likeness (QED) is 0.602. The average Bonchev–Trinajstić information content (AvgIpc) is 2.43. The second kappa shape index (κ2) is 7.07.